The number of aryl methyl sites for hydroxylation is 1. The Hall–Kier alpha value is -1.62. The molecule has 0 amide bonds. The first-order valence-electron chi connectivity index (χ1n) is 6.79. The van der Waals surface area contributed by atoms with Crippen LogP contribution in [0.4, 0.5) is 8.78 Å². The van der Waals surface area contributed by atoms with Gasteiger partial charge in [0.25, 0.3) is 0 Å². The average Bonchev–Trinajstić information content (AvgIpc) is 2.93. The van der Waals surface area contributed by atoms with Crippen molar-refractivity contribution in [1.82, 2.24) is 9.55 Å². The van der Waals surface area contributed by atoms with Crippen LogP contribution in [-0.2, 0) is 6.54 Å². The number of halogens is 3. The Kier molecular flexibility index (Phi) is 7.75. The maximum absolute atomic E-state index is 13.3. The minimum Gasteiger partial charge on any atom is -0.491 e. The lowest BCUT2D eigenvalue weighted by molar-refractivity contribution is 0.289. The Balaban J connectivity index is 0.00000220. The number of imidazole rings is 1. The van der Waals surface area contributed by atoms with Crippen molar-refractivity contribution in [2.75, 3.05) is 6.61 Å². The molecule has 2 rings (SSSR count). The molecule has 0 aliphatic heterocycles. The van der Waals surface area contributed by atoms with Crippen LogP contribution in [0.15, 0.2) is 36.9 Å². The highest BCUT2D eigenvalue weighted by Gasteiger charge is 2.04. The zero-order valence-electron chi connectivity index (χ0n) is 11.7. The van der Waals surface area contributed by atoms with Gasteiger partial charge in [-0.1, -0.05) is 12.8 Å². The molecule has 0 saturated carbocycles. The van der Waals surface area contributed by atoms with Crippen LogP contribution in [0.25, 0.3) is 0 Å². The molecule has 0 aliphatic carbocycles. The molecule has 0 spiro atoms. The van der Waals surface area contributed by atoms with Crippen molar-refractivity contribution in [1.29, 1.82) is 0 Å². The van der Waals surface area contributed by atoms with E-state index in [-0.39, 0.29) is 18.2 Å². The Bertz CT molecular complexity index is 520. The number of hydrogen-bond acceptors (Lipinski definition) is 2. The number of nitrogens with zero attached hydrogens (tertiary/aromatic N) is 2. The normalized spacial score (nSPS) is 10.2. The van der Waals surface area contributed by atoms with Gasteiger partial charge in [-0.2, -0.15) is 0 Å². The van der Waals surface area contributed by atoms with E-state index < -0.39 is 11.6 Å². The number of unbranched alkanes of at least 4 members (excludes halogenated alkanes) is 3. The van der Waals surface area contributed by atoms with Crippen LogP contribution in [0.2, 0.25) is 0 Å². The highest BCUT2D eigenvalue weighted by Crippen LogP contribution is 2.18. The minimum absolute atomic E-state index is 0. The lowest BCUT2D eigenvalue weighted by Crippen LogP contribution is -2.00. The second kappa shape index (κ2) is 9.34. The van der Waals surface area contributed by atoms with Crippen LogP contribution in [0.1, 0.15) is 25.7 Å². The Labute approximate surface area is 129 Å². The van der Waals surface area contributed by atoms with Gasteiger partial charge in [0.1, 0.15) is 5.82 Å². The van der Waals surface area contributed by atoms with Crippen LogP contribution in [0.3, 0.4) is 0 Å². The van der Waals surface area contributed by atoms with Gasteiger partial charge in [-0.3, -0.25) is 0 Å². The third-order valence-corrected chi connectivity index (χ3v) is 3.02. The molecule has 6 heteroatoms. The molecule has 21 heavy (non-hydrogen) atoms. The van der Waals surface area contributed by atoms with Gasteiger partial charge in [0.05, 0.1) is 12.9 Å². The van der Waals surface area contributed by atoms with Crippen molar-refractivity contribution in [2.45, 2.75) is 32.2 Å². The van der Waals surface area contributed by atoms with Crippen LogP contribution in [0.5, 0.6) is 5.75 Å². The van der Waals surface area contributed by atoms with E-state index in [4.69, 9.17) is 4.74 Å². The van der Waals surface area contributed by atoms with Crippen LogP contribution < -0.4 is 4.74 Å². The van der Waals surface area contributed by atoms with Crippen molar-refractivity contribution in [2.24, 2.45) is 0 Å². The number of rotatable bonds is 8. The smallest absolute Gasteiger partial charge is 0.167 e. The quantitative estimate of drug-likeness (QED) is 0.682. The van der Waals surface area contributed by atoms with E-state index in [0.29, 0.717) is 6.61 Å². The second-order valence-electron chi connectivity index (χ2n) is 4.64. The average molecular weight is 317 g/mol. The summed E-state index contributed by atoms with van der Waals surface area (Å²) in [5.74, 6) is -1.12. The molecule has 0 unspecified atom stereocenters. The molecule has 0 radical (unpaired) electrons. The molecule has 0 aliphatic rings. The first kappa shape index (κ1) is 17.4. The fraction of sp³-hybridized carbons (Fsp3) is 0.400. The number of ether oxygens (including phenoxy) is 1. The van der Waals surface area contributed by atoms with E-state index in [0.717, 1.165) is 38.3 Å². The molecule has 0 atom stereocenters. The summed E-state index contributed by atoms with van der Waals surface area (Å²) < 4.78 is 33.3. The summed E-state index contributed by atoms with van der Waals surface area (Å²) >= 11 is 0. The first-order valence-corrected chi connectivity index (χ1v) is 6.79. The highest BCUT2D eigenvalue weighted by atomic mass is 35.5. The topological polar surface area (TPSA) is 27.1 Å². The number of benzene rings is 1. The fourth-order valence-corrected chi connectivity index (χ4v) is 1.94. The van der Waals surface area contributed by atoms with Crippen molar-refractivity contribution in [3.05, 3.63) is 48.6 Å². The van der Waals surface area contributed by atoms with Crippen molar-refractivity contribution < 1.29 is 13.5 Å². The SMILES string of the molecule is Cl.Fc1ccc(OCCCCCCn2ccnc2)c(F)c1. The van der Waals surface area contributed by atoms with Crippen molar-refractivity contribution in [3.8, 4) is 5.75 Å². The summed E-state index contributed by atoms with van der Waals surface area (Å²) in [4.78, 5) is 3.98. The molecule has 0 N–H and O–H groups in total. The minimum atomic E-state index is -0.648. The standard InChI is InChI=1S/C15H18F2N2O.ClH/c16-13-5-6-15(14(17)11-13)20-10-4-2-1-3-8-19-9-7-18-12-19;/h5-7,9,11-12H,1-4,8,10H2;1H. The summed E-state index contributed by atoms with van der Waals surface area (Å²) in [5, 5.41) is 0. The molecule has 2 aromatic rings. The molecule has 0 saturated heterocycles. The van der Waals surface area contributed by atoms with Crippen LogP contribution >= 0.6 is 12.4 Å². The van der Waals surface area contributed by atoms with Gasteiger partial charge in [-0.25, -0.2) is 13.8 Å². The molecule has 1 aromatic carbocycles. The molecular weight excluding hydrogens is 298 g/mol. The summed E-state index contributed by atoms with van der Waals surface area (Å²) in [6.45, 7) is 1.42. The zero-order chi connectivity index (χ0) is 14.2. The van der Waals surface area contributed by atoms with Gasteiger partial charge < -0.3 is 9.30 Å². The third kappa shape index (κ3) is 6.12. The molecule has 1 heterocycles. The summed E-state index contributed by atoms with van der Waals surface area (Å²) in [7, 11) is 0. The van der Waals surface area contributed by atoms with E-state index in [2.05, 4.69) is 4.98 Å². The lowest BCUT2D eigenvalue weighted by atomic mass is 10.2. The predicted octanol–water partition coefficient (Wildman–Crippen LogP) is 4.22. The second-order valence-corrected chi connectivity index (χ2v) is 4.64. The van der Waals surface area contributed by atoms with Gasteiger partial charge in [0, 0.05) is 25.0 Å². The molecule has 0 bridgehead atoms. The number of aromatic nitrogens is 2. The lowest BCUT2D eigenvalue weighted by Gasteiger charge is -2.07. The molecule has 116 valence electrons. The Morgan fingerprint density at radius 3 is 2.62 bits per heavy atom. The number of hydrogen-bond donors (Lipinski definition) is 0. The third-order valence-electron chi connectivity index (χ3n) is 3.02. The Morgan fingerprint density at radius 1 is 1.10 bits per heavy atom. The van der Waals surface area contributed by atoms with E-state index in [1.807, 2.05) is 10.8 Å². The van der Waals surface area contributed by atoms with Crippen molar-refractivity contribution in [3.63, 3.8) is 0 Å². The summed E-state index contributed by atoms with van der Waals surface area (Å²) in [5.41, 5.74) is 0. The molecule has 1 aromatic heterocycles. The summed E-state index contributed by atoms with van der Waals surface area (Å²) in [6.07, 6.45) is 9.58. The van der Waals surface area contributed by atoms with E-state index >= 15 is 0 Å². The van der Waals surface area contributed by atoms with Crippen LogP contribution in [-0.4, -0.2) is 16.2 Å². The molecule has 3 nitrogen and oxygen atoms in total. The zero-order valence-corrected chi connectivity index (χ0v) is 12.5. The van der Waals surface area contributed by atoms with E-state index in [9.17, 15) is 8.78 Å². The molecule has 0 fully saturated rings. The van der Waals surface area contributed by atoms with Gasteiger partial charge >= 0.3 is 0 Å². The van der Waals surface area contributed by atoms with Crippen LogP contribution in [0, 0.1) is 11.6 Å². The van der Waals surface area contributed by atoms with Gasteiger partial charge in [0.2, 0.25) is 0 Å². The first-order chi connectivity index (χ1) is 9.75. The predicted molar refractivity (Wildman–Crippen MR) is 79.8 cm³/mol. The molecular formula is C15H19ClF2N2O. The maximum Gasteiger partial charge on any atom is 0.167 e. The van der Waals surface area contributed by atoms with Gasteiger partial charge in [-0.05, 0) is 25.0 Å². The maximum atomic E-state index is 13.3. The van der Waals surface area contributed by atoms with Crippen molar-refractivity contribution >= 4 is 12.4 Å². The van der Waals surface area contributed by atoms with E-state index in [1.165, 1.54) is 12.1 Å². The Morgan fingerprint density at radius 2 is 1.90 bits per heavy atom. The van der Waals surface area contributed by atoms with Gasteiger partial charge in [-0.15, -0.1) is 12.4 Å². The highest BCUT2D eigenvalue weighted by molar-refractivity contribution is 5.85. The largest absolute Gasteiger partial charge is 0.491 e. The van der Waals surface area contributed by atoms with Gasteiger partial charge in [0.15, 0.2) is 11.6 Å². The van der Waals surface area contributed by atoms with E-state index in [1.54, 1.807) is 12.5 Å². The monoisotopic (exact) mass is 316 g/mol. The fourth-order valence-electron chi connectivity index (χ4n) is 1.94. The summed E-state index contributed by atoms with van der Waals surface area (Å²) in [6, 6.07) is 3.35.